The number of aromatic nitrogens is 3. The Hall–Kier alpha value is -2.36. The molecular weight excluding hydrogens is 382 g/mol. The first-order valence-corrected chi connectivity index (χ1v) is 12.4. The number of aromatic hydroxyl groups is 1. The van der Waals surface area contributed by atoms with Gasteiger partial charge in [-0.25, -0.2) is 0 Å². The molecule has 168 valence electrons. The third-order valence-electron chi connectivity index (χ3n) is 6.05. The van der Waals surface area contributed by atoms with Crippen LogP contribution in [0, 0.1) is 0 Å². The summed E-state index contributed by atoms with van der Waals surface area (Å²) in [4.78, 5) is 1.64. The monoisotopic (exact) mass is 421 g/mol. The summed E-state index contributed by atoms with van der Waals surface area (Å²) < 4.78 is 0. The third-order valence-corrected chi connectivity index (χ3v) is 6.05. The third kappa shape index (κ3) is 6.32. The van der Waals surface area contributed by atoms with E-state index in [4.69, 9.17) is 10.2 Å². The van der Waals surface area contributed by atoms with Gasteiger partial charge in [-0.2, -0.15) is 0 Å². The van der Waals surface area contributed by atoms with E-state index in [0.717, 1.165) is 48.7 Å². The number of rotatable bonds is 13. The van der Waals surface area contributed by atoms with Gasteiger partial charge in [-0.05, 0) is 67.0 Å². The predicted octanol–water partition coefficient (Wildman–Crippen LogP) is 7.32. The smallest absolute Gasteiger partial charge is 0.146 e. The zero-order chi connectivity index (χ0) is 22.1. The van der Waals surface area contributed by atoms with E-state index in [0.29, 0.717) is 11.4 Å². The molecule has 0 unspecified atom stereocenters. The highest BCUT2D eigenvalue weighted by molar-refractivity contribution is 5.75. The Morgan fingerprint density at radius 3 is 2.10 bits per heavy atom. The van der Waals surface area contributed by atoms with Crippen molar-refractivity contribution in [2.45, 2.75) is 97.8 Å². The van der Waals surface area contributed by atoms with Gasteiger partial charge in [0.1, 0.15) is 22.5 Å². The molecule has 4 heteroatoms. The van der Waals surface area contributed by atoms with Gasteiger partial charge in [-0.15, -0.1) is 15.0 Å². The molecule has 1 aromatic heterocycles. The summed E-state index contributed by atoms with van der Waals surface area (Å²) in [6, 6.07) is 10.6. The number of hydrogen-bond donors (Lipinski definition) is 1. The molecule has 1 N–H and O–H groups in total. The second-order valence-electron chi connectivity index (χ2n) is 8.81. The van der Waals surface area contributed by atoms with Crippen LogP contribution in [0.1, 0.15) is 95.2 Å². The summed E-state index contributed by atoms with van der Waals surface area (Å²) in [5.41, 5.74) is 6.08. The minimum atomic E-state index is 0.336. The minimum absolute atomic E-state index is 0.336. The fourth-order valence-electron chi connectivity index (χ4n) is 4.24. The van der Waals surface area contributed by atoms with Crippen molar-refractivity contribution >= 4 is 11.0 Å². The molecule has 0 saturated carbocycles. The van der Waals surface area contributed by atoms with E-state index in [1.807, 2.05) is 6.07 Å². The van der Waals surface area contributed by atoms with Gasteiger partial charge in [0.15, 0.2) is 0 Å². The van der Waals surface area contributed by atoms with Crippen LogP contribution in [0.25, 0.3) is 16.7 Å². The predicted molar refractivity (Wildman–Crippen MR) is 130 cm³/mol. The van der Waals surface area contributed by atoms with Crippen LogP contribution >= 0.6 is 0 Å². The summed E-state index contributed by atoms with van der Waals surface area (Å²) in [5, 5.41) is 20.5. The lowest BCUT2D eigenvalue weighted by molar-refractivity contribution is 0.458. The van der Waals surface area contributed by atoms with Gasteiger partial charge in [0.05, 0.1) is 0 Å². The first-order valence-electron chi connectivity index (χ1n) is 12.4. The van der Waals surface area contributed by atoms with Gasteiger partial charge in [0.2, 0.25) is 0 Å². The summed E-state index contributed by atoms with van der Waals surface area (Å²) in [5.74, 6) is 0.336. The van der Waals surface area contributed by atoms with E-state index in [9.17, 15) is 5.11 Å². The highest BCUT2D eigenvalue weighted by Gasteiger charge is 2.15. The molecule has 0 saturated heterocycles. The quantitative estimate of drug-likeness (QED) is 0.294. The molecule has 0 spiro atoms. The fraction of sp³-hybridized carbons (Fsp3) is 0.556. The van der Waals surface area contributed by atoms with Crippen LogP contribution in [0.3, 0.4) is 0 Å². The fourth-order valence-corrected chi connectivity index (χ4v) is 4.24. The highest BCUT2D eigenvalue weighted by Crippen LogP contribution is 2.30. The SMILES string of the molecule is CCCCCCc1cc(CCCCCC)c(O)c(-n2nc3ccc(CCC)cc3n2)c1. The van der Waals surface area contributed by atoms with E-state index in [2.05, 4.69) is 45.0 Å². The van der Waals surface area contributed by atoms with Crippen LogP contribution in [0.5, 0.6) is 5.75 Å². The summed E-state index contributed by atoms with van der Waals surface area (Å²) in [7, 11) is 0. The number of aryl methyl sites for hydroxylation is 3. The lowest BCUT2D eigenvalue weighted by Gasteiger charge is -2.13. The van der Waals surface area contributed by atoms with Crippen LogP contribution in [-0.2, 0) is 19.3 Å². The second-order valence-corrected chi connectivity index (χ2v) is 8.81. The molecule has 0 amide bonds. The van der Waals surface area contributed by atoms with Gasteiger partial charge in [0, 0.05) is 0 Å². The van der Waals surface area contributed by atoms with Crippen molar-refractivity contribution in [3.8, 4) is 11.4 Å². The van der Waals surface area contributed by atoms with E-state index >= 15 is 0 Å². The van der Waals surface area contributed by atoms with Crippen LogP contribution < -0.4 is 0 Å². The Morgan fingerprint density at radius 1 is 0.677 bits per heavy atom. The molecule has 0 aliphatic carbocycles. The number of benzene rings is 2. The molecule has 0 fully saturated rings. The summed E-state index contributed by atoms with van der Waals surface area (Å²) in [6.07, 6.45) is 13.8. The topological polar surface area (TPSA) is 50.9 Å². The number of hydrogen-bond acceptors (Lipinski definition) is 3. The van der Waals surface area contributed by atoms with E-state index in [1.165, 1.54) is 56.1 Å². The van der Waals surface area contributed by atoms with Crippen LogP contribution in [0.4, 0.5) is 0 Å². The normalized spacial score (nSPS) is 11.5. The Balaban J connectivity index is 1.91. The van der Waals surface area contributed by atoms with Crippen molar-refractivity contribution in [3.63, 3.8) is 0 Å². The number of unbranched alkanes of at least 4 members (excludes halogenated alkanes) is 6. The molecular formula is C27H39N3O. The van der Waals surface area contributed by atoms with Crippen molar-refractivity contribution in [1.82, 2.24) is 15.0 Å². The first-order chi connectivity index (χ1) is 15.2. The zero-order valence-corrected chi connectivity index (χ0v) is 19.7. The van der Waals surface area contributed by atoms with E-state index in [1.54, 1.807) is 4.80 Å². The maximum atomic E-state index is 11.1. The standard InChI is InChI=1S/C27H39N3O/c1-4-7-9-11-14-22-18-23(15-12-10-8-5-2)27(31)26(20-22)30-28-24-17-16-21(13-6-3)19-25(24)29-30/h16-20,31H,4-15H2,1-3H3. The van der Waals surface area contributed by atoms with Crippen molar-refractivity contribution in [2.75, 3.05) is 0 Å². The lowest BCUT2D eigenvalue weighted by Crippen LogP contribution is -2.03. The molecule has 3 rings (SSSR count). The van der Waals surface area contributed by atoms with Crippen molar-refractivity contribution in [3.05, 3.63) is 47.0 Å². The van der Waals surface area contributed by atoms with Crippen molar-refractivity contribution < 1.29 is 5.11 Å². The zero-order valence-electron chi connectivity index (χ0n) is 19.7. The van der Waals surface area contributed by atoms with Gasteiger partial charge in [-0.1, -0.05) is 77.8 Å². The number of phenols is 1. The van der Waals surface area contributed by atoms with E-state index in [-0.39, 0.29) is 0 Å². The molecule has 0 aliphatic rings. The highest BCUT2D eigenvalue weighted by atomic mass is 16.3. The molecule has 0 bridgehead atoms. The Morgan fingerprint density at radius 2 is 1.39 bits per heavy atom. The molecule has 0 aliphatic heterocycles. The Labute approximate surface area is 187 Å². The molecule has 0 radical (unpaired) electrons. The van der Waals surface area contributed by atoms with Gasteiger partial charge in [0.25, 0.3) is 0 Å². The van der Waals surface area contributed by atoms with Crippen molar-refractivity contribution in [2.24, 2.45) is 0 Å². The number of nitrogens with zero attached hydrogens (tertiary/aromatic N) is 3. The summed E-state index contributed by atoms with van der Waals surface area (Å²) in [6.45, 7) is 6.66. The lowest BCUT2D eigenvalue weighted by atomic mass is 9.98. The number of phenolic OH excluding ortho intramolecular Hbond substituents is 1. The van der Waals surface area contributed by atoms with Crippen LogP contribution in [-0.4, -0.2) is 20.1 Å². The van der Waals surface area contributed by atoms with Crippen LogP contribution in [0.2, 0.25) is 0 Å². The average molecular weight is 422 g/mol. The molecule has 0 atom stereocenters. The number of fused-ring (bicyclic) bond motifs is 1. The maximum Gasteiger partial charge on any atom is 0.146 e. The second kappa shape index (κ2) is 11.9. The summed E-state index contributed by atoms with van der Waals surface area (Å²) >= 11 is 0. The average Bonchev–Trinajstić information content (AvgIpc) is 3.19. The van der Waals surface area contributed by atoms with Crippen molar-refractivity contribution in [1.29, 1.82) is 0 Å². The molecule has 4 nitrogen and oxygen atoms in total. The van der Waals surface area contributed by atoms with Crippen LogP contribution in [0.15, 0.2) is 30.3 Å². The molecule has 3 aromatic rings. The maximum absolute atomic E-state index is 11.1. The molecule has 31 heavy (non-hydrogen) atoms. The molecule has 2 aromatic carbocycles. The molecule has 1 heterocycles. The minimum Gasteiger partial charge on any atom is -0.505 e. The Bertz CT molecular complexity index is 961. The van der Waals surface area contributed by atoms with Gasteiger partial charge < -0.3 is 5.11 Å². The largest absolute Gasteiger partial charge is 0.505 e. The first kappa shape index (κ1) is 23.3. The van der Waals surface area contributed by atoms with Gasteiger partial charge >= 0.3 is 0 Å². The van der Waals surface area contributed by atoms with E-state index < -0.39 is 0 Å². The Kier molecular flexibility index (Phi) is 8.93. The van der Waals surface area contributed by atoms with Gasteiger partial charge in [-0.3, -0.25) is 0 Å².